The van der Waals surface area contributed by atoms with Gasteiger partial charge in [0.2, 0.25) is 0 Å². The van der Waals surface area contributed by atoms with Gasteiger partial charge in [0.1, 0.15) is 6.10 Å². The summed E-state index contributed by atoms with van der Waals surface area (Å²) in [7, 11) is 0. The van der Waals surface area contributed by atoms with Crippen molar-refractivity contribution in [3.63, 3.8) is 0 Å². The number of hydrogen-bond donors (Lipinski definition) is 2. The molecule has 1 amide bonds. The van der Waals surface area contributed by atoms with Gasteiger partial charge in [0.25, 0.3) is 5.91 Å². The molecule has 0 aromatic rings. The van der Waals surface area contributed by atoms with E-state index in [2.05, 4.69) is 10.6 Å². The monoisotopic (exact) mass is 214 g/mol. The van der Waals surface area contributed by atoms with E-state index in [1.54, 1.807) is 0 Å². The molecule has 0 aliphatic carbocycles. The summed E-state index contributed by atoms with van der Waals surface area (Å²) >= 11 is 0. The average Bonchev–Trinajstić information content (AvgIpc) is 2.31. The standard InChI is InChI=1S/C10H18N2O3/c13-10(9-7-11-3-6-15-9)12-8-1-4-14-5-2-8/h8-9,11H,1-7H2,(H,12,13). The van der Waals surface area contributed by atoms with E-state index in [0.717, 1.165) is 32.6 Å². The van der Waals surface area contributed by atoms with E-state index in [-0.39, 0.29) is 18.1 Å². The summed E-state index contributed by atoms with van der Waals surface area (Å²) < 4.78 is 10.6. The van der Waals surface area contributed by atoms with Crippen LogP contribution in [0.15, 0.2) is 0 Å². The Labute approximate surface area is 89.5 Å². The molecule has 2 rings (SSSR count). The first-order valence-corrected chi connectivity index (χ1v) is 5.57. The third kappa shape index (κ3) is 3.15. The van der Waals surface area contributed by atoms with Gasteiger partial charge in [-0.05, 0) is 12.8 Å². The molecule has 0 saturated carbocycles. The highest BCUT2D eigenvalue weighted by Crippen LogP contribution is 2.07. The molecular weight excluding hydrogens is 196 g/mol. The van der Waals surface area contributed by atoms with Gasteiger partial charge in [-0.1, -0.05) is 0 Å². The van der Waals surface area contributed by atoms with Gasteiger partial charge in [-0.15, -0.1) is 0 Å². The van der Waals surface area contributed by atoms with Gasteiger partial charge in [0.15, 0.2) is 0 Å². The van der Waals surface area contributed by atoms with Crippen LogP contribution in [-0.2, 0) is 14.3 Å². The fourth-order valence-corrected chi connectivity index (χ4v) is 1.87. The van der Waals surface area contributed by atoms with E-state index in [4.69, 9.17) is 9.47 Å². The summed E-state index contributed by atoms with van der Waals surface area (Å²) in [6.45, 7) is 3.56. The first-order valence-electron chi connectivity index (χ1n) is 5.57. The molecule has 1 atom stereocenters. The summed E-state index contributed by atoms with van der Waals surface area (Å²) in [4.78, 5) is 11.7. The second-order valence-electron chi connectivity index (χ2n) is 3.96. The SMILES string of the molecule is O=C(NC1CCOCC1)C1CNCCO1. The van der Waals surface area contributed by atoms with E-state index in [9.17, 15) is 4.79 Å². The summed E-state index contributed by atoms with van der Waals surface area (Å²) in [5, 5.41) is 6.15. The van der Waals surface area contributed by atoms with Gasteiger partial charge in [-0.3, -0.25) is 4.79 Å². The van der Waals surface area contributed by atoms with Crippen LogP contribution in [0.5, 0.6) is 0 Å². The second-order valence-corrected chi connectivity index (χ2v) is 3.96. The van der Waals surface area contributed by atoms with Crippen LogP contribution in [0.1, 0.15) is 12.8 Å². The molecule has 2 fully saturated rings. The number of morpholine rings is 1. The Morgan fingerprint density at radius 2 is 2.07 bits per heavy atom. The minimum absolute atomic E-state index is 0.00843. The Hall–Kier alpha value is -0.650. The second kappa shape index (κ2) is 5.44. The maximum atomic E-state index is 11.7. The number of rotatable bonds is 2. The fraction of sp³-hybridized carbons (Fsp3) is 0.900. The van der Waals surface area contributed by atoms with Crippen LogP contribution >= 0.6 is 0 Å². The van der Waals surface area contributed by atoms with Crippen molar-refractivity contribution in [2.75, 3.05) is 32.9 Å². The molecular formula is C10H18N2O3. The molecule has 0 radical (unpaired) electrons. The maximum Gasteiger partial charge on any atom is 0.250 e. The van der Waals surface area contributed by atoms with Crippen LogP contribution < -0.4 is 10.6 Å². The highest BCUT2D eigenvalue weighted by Gasteiger charge is 2.24. The third-order valence-electron chi connectivity index (χ3n) is 2.79. The quantitative estimate of drug-likeness (QED) is 0.636. The van der Waals surface area contributed by atoms with Crippen LogP contribution in [0.25, 0.3) is 0 Å². The minimum atomic E-state index is -0.318. The van der Waals surface area contributed by atoms with Crippen LogP contribution in [0, 0.1) is 0 Å². The van der Waals surface area contributed by atoms with Gasteiger partial charge in [0.05, 0.1) is 6.61 Å². The Morgan fingerprint density at radius 1 is 1.27 bits per heavy atom. The lowest BCUT2D eigenvalue weighted by Gasteiger charge is -2.27. The molecule has 0 spiro atoms. The van der Waals surface area contributed by atoms with E-state index in [0.29, 0.717) is 13.2 Å². The summed E-state index contributed by atoms with van der Waals surface area (Å²) in [6, 6.07) is 0.261. The average molecular weight is 214 g/mol. The topological polar surface area (TPSA) is 59.6 Å². The highest BCUT2D eigenvalue weighted by molar-refractivity contribution is 5.81. The van der Waals surface area contributed by atoms with E-state index < -0.39 is 0 Å². The smallest absolute Gasteiger partial charge is 0.250 e. The zero-order chi connectivity index (χ0) is 10.5. The first-order chi connectivity index (χ1) is 7.36. The lowest BCUT2D eigenvalue weighted by atomic mass is 10.1. The van der Waals surface area contributed by atoms with Crippen LogP contribution in [0.2, 0.25) is 0 Å². The molecule has 2 aliphatic rings. The molecule has 5 nitrogen and oxygen atoms in total. The van der Waals surface area contributed by atoms with Gasteiger partial charge >= 0.3 is 0 Å². The van der Waals surface area contributed by atoms with E-state index in [1.807, 2.05) is 0 Å². The van der Waals surface area contributed by atoms with Crippen molar-refractivity contribution in [3.05, 3.63) is 0 Å². The zero-order valence-electron chi connectivity index (χ0n) is 8.83. The third-order valence-corrected chi connectivity index (χ3v) is 2.79. The van der Waals surface area contributed by atoms with Gasteiger partial charge in [-0.25, -0.2) is 0 Å². The van der Waals surface area contributed by atoms with Gasteiger partial charge in [-0.2, -0.15) is 0 Å². The summed E-state index contributed by atoms with van der Waals surface area (Å²) in [6.07, 6.45) is 1.50. The lowest BCUT2D eigenvalue weighted by molar-refractivity contribution is -0.135. The van der Waals surface area contributed by atoms with Crippen LogP contribution in [0.4, 0.5) is 0 Å². The van der Waals surface area contributed by atoms with Crippen molar-refractivity contribution >= 4 is 5.91 Å². The van der Waals surface area contributed by atoms with Crippen LogP contribution in [0.3, 0.4) is 0 Å². The number of hydrogen-bond acceptors (Lipinski definition) is 4. The molecule has 86 valence electrons. The van der Waals surface area contributed by atoms with Gasteiger partial charge < -0.3 is 20.1 Å². The first kappa shape index (κ1) is 10.9. The predicted molar refractivity (Wildman–Crippen MR) is 54.6 cm³/mol. The van der Waals surface area contributed by atoms with Crippen molar-refractivity contribution in [2.24, 2.45) is 0 Å². The molecule has 0 aromatic carbocycles. The van der Waals surface area contributed by atoms with Gasteiger partial charge in [0, 0.05) is 32.3 Å². The van der Waals surface area contributed by atoms with E-state index >= 15 is 0 Å². The largest absolute Gasteiger partial charge is 0.381 e. The summed E-state index contributed by atoms with van der Waals surface area (Å²) in [5.74, 6) is 0.00843. The van der Waals surface area contributed by atoms with Crippen LogP contribution in [-0.4, -0.2) is 51.0 Å². The zero-order valence-corrected chi connectivity index (χ0v) is 8.83. The molecule has 5 heteroatoms. The molecule has 2 aliphatic heterocycles. The number of ether oxygens (including phenoxy) is 2. The van der Waals surface area contributed by atoms with Crippen molar-refractivity contribution in [3.8, 4) is 0 Å². The normalized spacial score (nSPS) is 28.7. The number of nitrogens with one attached hydrogen (secondary N) is 2. The predicted octanol–water partition coefficient (Wildman–Crippen LogP) is -0.730. The van der Waals surface area contributed by atoms with Crippen molar-refractivity contribution in [1.29, 1.82) is 0 Å². The molecule has 0 bridgehead atoms. The Morgan fingerprint density at radius 3 is 2.73 bits per heavy atom. The number of amides is 1. The summed E-state index contributed by atoms with van der Waals surface area (Å²) in [5.41, 5.74) is 0. The maximum absolute atomic E-state index is 11.7. The molecule has 15 heavy (non-hydrogen) atoms. The van der Waals surface area contributed by atoms with Crippen molar-refractivity contribution in [2.45, 2.75) is 25.0 Å². The fourth-order valence-electron chi connectivity index (χ4n) is 1.87. The Balaban J connectivity index is 1.74. The molecule has 2 N–H and O–H groups in total. The van der Waals surface area contributed by atoms with Crippen molar-refractivity contribution < 1.29 is 14.3 Å². The molecule has 0 aromatic heterocycles. The molecule has 2 saturated heterocycles. The highest BCUT2D eigenvalue weighted by atomic mass is 16.5. The van der Waals surface area contributed by atoms with Crippen molar-refractivity contribution in [1.82, 2.24) is 10.6 Å². The lowest BCUT2D eigenvalue weighted by Crippen LogP contribution is -2.51. The minimum Gasteiger partial charge on any atom is -0.381 e. The molecule has 1 unspecified atom stereocenters. The molecule has 2 heterocycles. The van der Waals surface area contributed by atoms with E-state index in [1.165, 1.54) is 0 Å². The Bertz CT molecular complexity index is 211. The Kier molecular flexibility index (Phi) is 3.94. The number of carbonyl (C=O) groups excluding carboxylic acids is 1. The number of carbonyl (C=O) groups is 1.